The van der Waals surface area contributed by atoms with Crippen LogP contribution < -0.4 is 0 Å². The summed E-state index contributed by atoms with van der Waals surface area (Å²) in [5.74, 6) is 0.788. The van der Waals surface area contributed by atoms with Crippen LogP contribution in [0.4, 0.5) is 0 Å². The summed E-state index contributed by atoms with van der Waals surface area (Å²) in [6.07, 6.45) is 5.17. The molecule has 0 aliphatic heterocycles. The van der Waals surface area contributed by atoms with Crippen molar-refractivity contribution in [2.24, 2.45) is 5.92 Å². The minimum atomic E-state index is -0.727. The fraction of sp³-hybridized carbons (Fsp3) is 0.562. The second kappa shape index (κ2) is 5.33. The zero-order valence-corrected chi connectivity index (χ0v) is 11.2. The number of aliphatic carboxylic acids is 1. The first-order valence-corrected chi connectivity index (χ1v) is 7.23. The smallest absolute Gasteiger partial charge is 0.317 e. The maximum absolute atomic E-state index is 10.9. The number of carboxylic acids is 1. The van der Waals surface area contributed by atoms with E-state index in [1.807, 2.05) is 0 Å². The molecule has 0 amide bonds. The number of rotatable bonds is 7. The van der Waals surface area contributed by atoms with Gasteiger partial charge in [0.25, 0.3) is 0 Å². The molecule has 0 bridgehead atoms. The first-order chi connectivity index (χ1) is 9.20. The lowest BCUT2D eigenvalue weighted by Crippen LogP contribution is -2.31. The Morgan fingerprint density at radius 1 is 1.16 bits per heavy atom. The van der Waals surface area contributed by atoms with E-state index in [4.69, 9.17) is 5.11 Å². The second-order valence-corrected chi connectivity index (χ2v) is 6.02. The first kappa shape index (κ1) is 12.7. The van der Waals surface area contributed by atoms with Gasteiger partial charge < -0.3 is 5.11 Å². The fourth-order valence-electron chi connectivity index (χ4n) is 2.61. The Hall–Kier alpha value is -1.35. The summed E-state index contributed by atoms with van der Waals surface area (Å²) in [5, 5.41) is 8.98. The molecule has 0 saturated heterocycles. The third kappa shape index (κ3) is 3.80. The van der Waals surface area contributed by atoms with Crippen LogP contribution in [-0.2, 0) is 11.3 Å². The van der Waals surface area contributed by atoms with Crippen molar-refractivity contribution in [1.82, 2.24) is 4.90 Å². The van der Waals surface area contributed by atoms with Crippen LogP contribution in [0.25, 0.3) is 0 Å². The van der Waals surface area contributed by atoms with Crippen LogP contribution in [0, 0.1) is 5.92 Å². The first-order valence-electron chi connectivity index (χ1n) is 7.23. The summed E-state index contributed by atoms with van der Waals surface area (Å²) in [6, 6.07) is 8.75. The number of benzene rings is 1. The van der Waals surface area contributed by atoms with Gasteiger partial charge in [-0.15, -0.1) is 0 Å². The molecule has 2 saturated carbocycles. The molecule has 19 heavy (non-hydrogen) atoms. The maximum atomic E-state index is 10.9. The van der Waals surface area contributed by atoms with E-state index in [2.05, 4.69) is 29.2 Å². The zero-order valence-electron chi connectivity index (χ0n) is 11.2. The molecule has 3 nitrogen and oxygen atoms in total. The number of nitrogens with zero attached hydrogens (tertiary/aromatic N) is 1. The number of carbonyl (C=O) groups is 1. The molecule has 0 unspecified atom stereocenters. The molecule has 0 atom stereocenters. The molecule has 0 heterocycles. The van der Waals surface area contributed by atoms with E-state index in [0.717, 1.165) is 24.9 Å². The highest BCUT2D eigenvalue weighted by Crippen LogP contribution is 2.40. The number of hydrogen-bond acceptors (Lipinski definition) is 2. The highest BCUT2D eigenvalue weighted by molar-refractivity contribution is 5.69. The standard InChI is InChI=1S/C16H21NO2/c18-16(19)11-17(9-12-1-2-12)10-13-3-5-14(6-4-13)15-7-8-15/h3-6,12,15H,1-2,7-11H2,(H,18,19). The molecule has 3 heteroatoms. The Balaban J connectivity index is 1.60. The monoisotopic (exact) mass is 259 g/mol. The Labute approximate surface area is 114 Å². The number of carboxylic acid groups (broad SMARTS) is 1. The Bertz CT molecular complexity index is 446. The average molecular weight is 259 g/mol. The summed E-state index contributed by atoms with van der Waals surface area (Å²) in [6.45, 7) is 1.84. The fourth-order valence-corrected chi connectivity index (χ4v) is 2.61. The summed E-state index contributed by atoms with van der Waals surface area (Å²) in [5.41, 5.74) is 2.67. The van der Waals surface area contributed by atoms with Crippen molar-refractivity contribution in [2.75, 3.05) is 13.1 Å². The second-order valence-electron chi connectivity index (χ2n) is 6.02. The van der Waals surface area contributed by atoms with Crippen LogP contribution in [0.15, 0.2) is 24.3 Å². The zero-order chi connectivity index (χ0) is 13.2. The van der Waals surface area contributed by atoms with Crippen molar-refractivity contribution < 1.29 is 9.90 Å². The van der Waals surface area contributed by atoms with Crippen molar-refractivity contribution in [3.63, 3.8) is 0 Å². The predicted molar refractivity (Wildman–Crippen MR) is 74.1 cm³/mol. The molecule has 2 fully saturated rings. The summed E-state index contributed by atoms with van der Waals surface area (Å²) >= 11 is 0. The van der Waals surface area contributed by atoms with Crippen molar-refractivity contribution in [2.45, 2.75) is 38.1 Å². The van der Waals surface area contributed by atoms with Gasteiger partial charge in [-0.1, -0.05) is 24.3 Å². The quantitative estimate of drug-likeness (QED) is 0.818. The van der Waals surface area contributed by atoms with Crippen molar-refractivity contribution in [1.29, 1.82) is 0 Å². The molecule has 102 valence electrons. The molecular formula is C16H21NO2. The molecule has 1 aromatic rings. The Kier molecular flexibility index (Phi) is 3.56. The summed E-state index contributed by atoms with van der Waals surface area (Å²) < 4.78 is 0. The average Bonchev–Trinajstić information content (AvgIpc) is 3.24. The van der Waals surface area contributed by atoms with Crippen LogP contribution in [0.1, 0.15) is 42.7 Å². The molecule has 0 radical (unpaired) electrons. The van der Waals surface area contributed by atoms with Gasteiger partial charge in [-0.05, 0) is 48.6 Å². The SMILES string of the molecule is O=C(O)CN(Cc1ccc(C2CC2)cc1)CC1CC1. The number of hydrogen-bond donors (Lipinski definition) is 1. The van der Waals surface area contributed by atoms with Crippen LogP contribution >= 0.6 is 0 Å². The third-order valence-electron chi connectivity index (χ3n) is 4.01. The molecule has 2 aliphatic carbocycles. The van der Waals surface area contributed by atoms with E-state index in [1.165, 1.54) is 36.8 Å². The molecule has 2 aliphatic rings. The molecular weight excluding hydrogens is 238 g/mol. The molecule has 0 aromatic heterocycles. The Morgan fingerprint density at radius 2 is 1.84 bits per heavy atom. The highest BCUT2D eigenvalue weighted by atomic mass is 16.4. The van der Waals surface area contributed by atoms with E-state index >= 15 is 0 Å². The molecule has 1 N–H and O–H groups in total. The third-order valence-corrected chi connectivity index (χ3v) is 4.01. The lowest BCUT2D eigenvalue weighted by Gasteiger charge is -2.20. The van der Waals surface area contributed by atoms with Gasteiger partial charge in [0.2, 0.25) is 0 Å². The van der Waals surface area contributed by atoms with Crippen molar-refractivity contribution in [3.05, 3.63) is 35.4 Å². The minimum Gasteiger partial charge on any atom is -0.480 e. The summed E-state index contributed by atoms with van der Waals surface area (Å²) in [7, 11) is 0. The van der Waals surface area contributed by atoms with E-state index in [9.17, 15) is 4.79 Å². The molecule has 3 rings (SSSR count). The van der Waals surface area contributed by atoms with E-state index in [1.54, 1.807) is 0 Å². The topological polar surface area (TPSA) is 40.5 Å². The predicted octanol–water partition coefficient (Wildman–Crippen LogP) is 2.86. The van der Waals surface area contributed by atoms with Crippen LogP contribution in [0.5, 0.6) is 0 Å². The van der Waals surface area contributed by atoms with Gasteiger partial charge >= 0.3 is 5.97 Å². The van der Waals surface area contributed by atoms with Crippen molar-refractivity contribution in [3.8, 4) is 0 Å². The minimum absolute atomic E-state index is 0.154. The van der Waals surface area contributed by atoms with Crippen molar-refractivity contribution >= 4 is 5.97 Å². The van der Waals surface area contributed by atoms with Gasteiger partial charge in [0, 0.05) is 13.1 Å². The van der Waals surface area contributed by atoms with Gasteiger partial charge in [-0.25, -0.2) is 0 Å². The van der Waals surface area contributed by atoms with Gasteiger partial charge in [0.15, 0.2) is 0 Å². The summed E-state index contributed by atoms with van der Waals surface area (Å²) in [4.78, 5) is 13.0. The maximum Gasteiger partial charge on any atom is 0.317 e. The largest absolute Gasteiger partial charge is 0.480 e. The normalized spacial score (nSPS) is 18.8. The van der Waals surface area contributed by atoms with E-state index in [0.29, 0.717) is 0 Å². The van der Waals surface area contributed by atoms with Crippen LogP contribution in [-0.4, -0.2) is 29.1 Å². The van der Waals surface area contributed by atoms with Gasteiger partial charge in [0.05, 0.1) is 6.54 Å². The highest BCUT2D eigenvalue weighted by Gasteiger charge is 2.26. The van der Waals surface area contributed by atoms with Gasteiger partial charge in [0.1, 0.15) is 0 Å². The molecule has 1 aromatic carbocycles. The van der Waals surface area contributed by atoms with E-state index in [-0.39, 0.29) is 6.54 Å². The van der Waals surface area contributed by atoms with Crippen LogP contribution in [0.3, 0.4) is 0 Å². The van der Waals surface area contributed by atoms with Gasteiger partial charge in [-0.3, -0.25) is 9.69 Å². The lowest BCUT2D eigenvalue weighted by atomic mass is 10.1. The van der Waals surface area contributed by atoms with E-state index < -0.39 is 5.97 Å². The lowest BCUT2D eigenvalue weighted by molar-refractivity contribution is -0.138. The molecule has 0 spiro atoms. The van der Waals surface area contributed by atoms with Crippen LogP contribution in [0.2, 0.25) is 0 Å². The Morgan fingerprint density at radius 3 is 2.37 bits per heavy atom. The van der Waals surface area contributed by atoms with Gasteiger partial charge in [-0.2, -0.15) is 0 Å².